The molecular weight excluding hydrogens is 466 g/mol. The molecule has 0 fully saturated rings. The van der Waals surface area contributed by atoms with E-state index in [1.165, 1.54) is 18.3 Å². The Bertz CT molecular complexity index is 1250. The molecule has 188 valence electrons. The molecule has 2 heterocycles. The van der Waals surface area contributed by atoms with Gasteiger partial charge in [-0.25, -0.2) is 4.98 Å². The summed E-state index contributed by atoms with van der Waals surface area (Å²) < 4.78 is 21.5. The lowest BCUT2D eigenvalue weighted by molar-refractivity contribution is -0.121. The topological polar surface area (TPSA) is 120 Å². The van der Waals surface area contributed by atoms with Crippen LogP contribution in [0, 0.1) is 0 Å². The minimum Gasteiger partial charge on any atom is -0.485 e. The summed E-state index contributed by atoms with van der Waals surface area (Å²) in [7, 11) is 1.54. The van der Waals surface area contributed by atoms with E-state index >= 15 is 0 Å². The van der Waals surface area contributed by atoms with Gasteiger partial charge in [0.25, 0.3) is 11.8 Å². The smallest absolute Gasteiger partial charge is 0.273 e. The highest BCUT2D eigenvalue weighted by atomic mass is 16.5. The first-order valence-corrected chi connectivity index (χ1v) is 11.5. The minimum atomic E-state index is -0.409. The lowest BCUT2D eigenvalue weighted by Gasteiger charge is -2.28. The van der Waals surface area contributed by atoms with Gasteiger partial charge < -0.3 is 23.9 Å². The number of hydrogen-bond acceptors (Lipinski definition) is 8. The van der Waals surface area contributed by atoms with E-state index in [1.807, 2.05) is 25.1 Å². The fraction of sp³-hybridized carbons (Fsp3) is 0.308. The summed E-state index contributed by atoms with van der Waals surface area (Å²) in [6.07, 6.45) is 2.10. The number of rotatable bonds is 11. The molecule has 10 nitrogen and oxygen atoms in total. The number of nitrogens with one attached hydrogen (secondary N) is 1. The molecule has 0 atom stereocenters. The summed E-state index contributed by atoms with van der Waals surface area (Å²) in [5.41, 5.74) is 1.99. The number of carbonyl (C=O) groups is 3. The first-order valence-electron chi connectivity index (χ1n) is 11.5. The Balaban J connectivity index is 1.46. The van der Waals surface area contributed by atoms with Gasteiger partial charge in [0.15, 0.2) is 24.7 Å². The van der Waals surface area contributed by atoms with Crippen LogP contribution in [0.15, 0.2) is 53.1 Å². The zero-order chi connectivity index (χ0) is 25.5. The maximum Gasteiger partial charge on any atom is 0.273 e. The third kappa shape index (κ3) is 5.89. The number of fused-ring (bicyclic) bond motifs is 1. The number of hydrogen-bond donors (Lipinski definition) is 1. The van der Waals surface area contributed by atoms with Crippen LogP contribution in [0.4, 0.5) is 5.69 Å². The molecule has 2 aromatic carbocycles. The molecule has 0 saturated heterocycles. The molecule has 10 heteroatoms. The Kier molecular flexibility index (Phi) is 7.96. The Hall–Kier alpha value is -4.18. The number of amides is 2. The molecule has 1 aliphatic heterocycles. The van der Waals surface area contributed by atoms with Gasteiger partial charge in [-0.2, -0.15) is 0 Å². The molecule has 1 N–H and O–H groups in total. The molecule has 3 aromatic rings. The standard InChI is InChI=1S/C26H27N3O7/c1-3-17-5-4-6-19(11-17)34-15-22(30)18-7-8-23-21(12-18)29(25(31)16-35-23)13-24-28-20(14-36-24)26(32)27-9-10-33-2/h4-8,11-12,14H,3,9-10,13,15-16H2,1-2H3,(H,27,32). The van der Waals surface area contributed by atoms with Gasteiger partial charge in [0.05, 0.1) is 12.3 Å². The predicted octanol–water partition coefficient (Wildman–Crippen LogP) is 2.80. The van der Waals surface area contributed by atoms with Crippen molar-refractivity contribution in [3.8, 4) is 11.5 Å². The van der Waals surface area contributed by atoms with Crippen LogP contribution >= 0.6 is 0 Å². The first-order chi connectivity index (χ1) is 17.5. The molecular formula is C26H27N3O7. The molecule has 0 bridgehead atoms. The van der Waals surface area contributed by atoms with Gasteiger partial charge >= 0.3 is 0 Å². The van der Waals surface area contributed by atoms with Crippen LogP contribution in [0.5, 0.6) is 11.5 Å². The number of anilines is 1. The molecule has 0 radical (unpaired) electrons. The van der Waals surface area contributed by atoms with Gasteiger partial charge in [0.1, 0.15) is 24.3 Å². The highest BCUT2D eigenvalue weighted by molar-refractivity contribution is 6.02. The van der Waals surface area contributed by atoms with E-state index in [4.69, 9.17) is 18.6 Å². The summed E-state index contributed by atoms with van der Waals surface area (Å²) in [6, 6.07) is 12.4. The molecule has 2 amide bonds. The molecule has 0 unspecified atom stereocenters. The van der Waals surface area contributed by atoms with Crippen molar-refractivity contribution in [1.82, 2.24) is 10.3 Å². The number of carbonyl (C=O) groups excluding carboxylic acids is 3. The zero-order valence-electron chi connectivity index (χ0n) is 20.1. The van der Waals surface area contributed by atoms with Crippen LogP contribution in [0.2, 0.25) is 0 Å². The maximum absolute atomic E-state index is 12.8. The number of ether oxygens (including phenoxy) is 3. The second-order valence-corrected chi connectivity index (χ2v) is 8.04. The maximum atomic E-state index is 12.8. The number of nitrogens with zero attached hydrogens (tertiary/aromatic N) is 2. The first kappa shape index (κ1) is 24.9. The molecule has 0 spiro atoms. The van der Waals surface area contributed by atoms with Crippen molar-refractivity contribution >= 4 is 23.3 Å². The minimum absolute atomic E-state index is 0.0293. The fourth-order valence-electron chi connectivity index (χ4n) is 3.62. The van der Waals surface area contributed by atoms with Crippen LogP contribution in [-0.4, -0.2) is 56.1 Å². The zero-order valence-corrected chi connectivity index (χ0v) is 20.1. The third-order valence-electron chi connectivity index (χ3n) is 5.57. The van der Waals surface area contributed by atoms with Crippen molar-refractivity contribution in [2.45, 2.75) is 19.9 Å². The average molecular weight is 494 g/mol. The fourth-order valence-corrected chi connectivity index (χ4v) is 3.62. The van der Waals surface area contributed by atoms with E-state index < -0.39 is 5.91 Å². The van der Waals surface area contributed by atoms with E-state index in [1.54, 1.807) is 24.3 Å². The van der Waals surface area contributed by atoms with E-state index in [-0.39, 0.29) is 43.0 Å². The third-order valence-corrected chi connectivity index (χ3v) is 5.57. The van der Waals surface area contributed by atoms with Crippen LogP contribution in [0.3, 0.4) is 0 Å². The second kappa shape index (κ2) is 11.5. The van der Waals surface area contributed by atoms with Crippen molar-refractivity contribution in [3.05, 3.63) is 71.4 Å². The van der Waals surface area contributed by atoms with E-state index in [0.717, 1.165) is 12.0 Å². The molecule has 36 heavy (non-hydrogen) atoms. The van der Waals surface area contributed by atoms with Crippen LogP contribution in [-0.2, 0) is 22.5 Å². The van der Waals surface area contributed by atoms with Gasteiger partial charge in [0.2, 0.25) is 5.89 Å². The number of ketones is 1. The Morgan fingerprint density at radius 2 is 2.06 bits per heavy atom. The Labute approximate surface area is 208 Å². The second-order valence-electron chi connectivity index (χ2n) is 8.04. The van der Waals surface area contributed by atoms with Crippen molar-refractivity contribution < 1.29 is 33.0 Å². The van der Waals surface area contributed by atoms with Crippen molar-refractivity contribution in [2.24, 2.45) is 0 Å². The normalized spacial score (nSPS) is 12.6. The molecule has 4 rings (SSSR count). The van der Waals surface area contributed by atoms with Gasteiger partial charge in [-0.3, -0.25) is 19.3 Å². The Morgan fingerprint density at radius 1 is 1.19 bits per heavy atom. The quantitative estimate of drug-likeness (QED) is 0.320. The number of Topliss-reactive ketones (excluding diaryl/α,β-unsaturated/α-hetero) is 1. The summed E-state index contributed by atoms with van der Waals surface area (Å²) in [6.45, 7) is 2.40. The number of aryl methyl sites for hydroxylation is 1. The monoisotopic (exact) mass is 493 g/mol. The van der Waals surface area contributed by atoms with E-state index in [9.17, 15) is 14.4 Å². The molecule has 1 aliphatic rings. The van der Waals surface area contributed by atoms with Crippen molar-refractivity contribution in [2.75, 3.05) is 38.4 Å². The highest BCUT2D eigenvalue weighted by Crippen LogP contribution is 2.34. The lowest BCUT2D eigenvalue weighted by atomic mass is 10.1. The van der Waals surface area contributed by atoms with Crippen molar-refractivity contribution in [3.63, 3.8) is 0 Å². The van der Waals surface area contributed by atoms with Gasteiger partial charge in [-0.05, 0) is 42.3 Å². The van der Waals surface area contributed by atoms with Gasteiger partial charge in [-0.1, -0.05) is 19.1 Å². The molecule has 0 aliphatic carbocycles. The van der Waals surface area contributed by atoms with Crippen LogP contribution in [0.1, 0.15) is 39.2 Å². The molecule has 1 aromatic heterocycles. The summed E-state index contributed by atoms with van der Waals surface area (Å²) in [4.78, 5) is 43.3. The van der Waals surface area contributed by atoms with E-state index in [2.05, 4.69) is 10.3 Å². The van der Waals surface area contributed by atoms with Crippen LogP contribution < -0.4 is 19.7 Å². The van der Waals surface area contributed by atoms with Gasteiger partial charge in [-0.15, -0.1) is 0 Å². The molecule has 0 saturated carbocycles. The Morgan fingerprint density at radius 3 is 2.86 bits per heavy atom. The average Bonchev–Trinajstić information content (AvgIpc) is 3.37. The summed E-state index contributed by atoms with van der Waals surface area (Å²) in [5.74, 6) is 0.253. The number of methoxy groups -OCH3 is 1. The number of oxazole rings is 1. The largest absolute Gasteiger partial charge is 0.485 e. The predicted molar refractivity (Wildman–Crippen MR) is 129 cm³/mol. The van der Waals surface area contributed by atoms with Gasteiger partial charge in [0, 0.05) is 19.2 Å². The summed E-state index contributed by atoms with van der Waals surface area (Å²) in [5, 5.41) is 2.65. The number of benzene rings is 2. The van der Waals surface area contributed by atoms with Crippen molar-refractivity contribution in [1.29, 1.82) is 0 Å². The van der Waals surface area contributed by atoms with E-state index in [0.29, 0.717) is 35.9 Å². The highest BCUT2D eigenvalue weighted by Gasteiger charge is 2.28. The lowest BCUT2D eigenvalue weighted by Crippen LogP contribution is -2.38. The SMILES string of the molecule is CCc1cccc(OCC(=O)c2ccc3c(c2)N(Cc2nc(C(=O)NCCOC)co2)C(=O)CO3)c1. The summed E-state index contributed by atoms with van der Waals surface area (Å²) >= 11 is 0. The number of aromatic nitrogens is 1. The van der Waals surface area contributed by atoms with Crippen LogP contribution in [0.25, 0.3) is 0 Å².